The van der Waals surface area contributed by atoms with Gasteiger partial charge >= 0.3 is 0 Å². The number of ether oxygens (including phenoxy) is 3. The number of aliphatic hydroxyl groups excluding tert-OH is 1. The molecular weight excluding hydrogens is 394 g/mol. The first-order chi connectivity index (χ1) is 15.2. The van der Waals surface area contributed by atoms with E-state index in [0.29, 0.717) is 36.0 Å². The third-order valence-corrected chi connectivity index (χ3v) is 3.89. The normalized spacial score (nSPS) is 9.87. The van der Waals surface area contributed by atoms with Gasteiger partial charge in [-0.3, -0.25) is 0 Å². The van der Waals surface area contributed by atoms with E-state index in [2.05, 4.69) is 27.8 Å². The molecule has 0 saturated heterocycles. The van der Waals surface area contributed by atoms with E-state index in [1.807, 2.05) is 31.2 Å². The molecule has 3 rings (SSSR count). The van der Waals surface area contributed by atoms with E-state index in [9.17, 15) is 0 Å². The molecule has 0 aliphatic heterocycles. The SMILES string of the molecule is C#Cc1cccc(Nc2ncnc3cc(OCCOC)c(OCCO)cc23)c1.C=CC. The zero-order chi connectivity index (χ0) is 22.5. The maximum atomic E-state index is 9.11. The molecule has 0 spiro atoms. The zero-order valence-corrected chi connectivity index (χ0v) is 17.8. The summed E-state index contributed by atoms with van der Waals surface area (Å²) in [6, 6.07) is 11.1. The van der Waals surface area contributed by atoms with Gasteiger partial charge in [0.1, 0.15) is 25.4 Å². The molecule has 7 nitrogen and oxygen atoms in total. The molecule has 0 radical (unpaired) electrons. The summed E-state index contributed by atoms with van der Waals surface area (Å²) in [5.74, 6) is 4.24. The number of nitrogens with zero attached hydrogens (tertiary/aromatic N) is 2. The summed E-state index contributed by atoms with van der Waals surface area (Å²) in [4.78, 5) is 8.67. The van der Waals surface area contributed by atoms with E-state index in [4.69, 9.17) is 25.7 Å². The topological polar surface area (TPSA) is 85.7 Å². The van der Waals surface area contributed by atoms with Crippen LogP contribution in [0.15, 0.2) is 55.4 Å². The van der Waals surface area contributed by atoms with E-state index in [1.165, 1.54) is 6.33 Å². The lowest BCUT2D eigenvalue weighted by atomic mass is 10.2. The van der Waals surface area contributed by atoms with Gasteiger partial charge in [-0.25, -0.2) is 9.97 Å². The van der Waals surface area contributed by atoms with Crippen LogP contribution in [0.3, 0.4) is 0 Å². The van der Waals surface area contributed by atoms with Gasteiger partial charge in [-0.2, -0.15) is 0 Å². The highest BCUT2D eigenvalue weighted by Crippen LogP contribution is 2.35. The van der Waals surface area contributed by atoms with Crippen molar-refractivity contribution in [2.45, 2.75) is 6.92 Å². The highest BCUT2D eigenvalue weighted by atomic mass is 16.5. The Labute approximate surface area is 182 Å². The Hall–Kier alpha value is -3.60. The Bertz CT molecular complexity index is 1030. The van der Waals surface area contributed by atoms with Gasteiger partial charge in [-0.15, -0.1) is 13.0 Å². The first-order valence-electron chi connectivity index (χ1n) is 9.71. The molecule has 0 aliphatic carbocycles. The van der Waals surface area contributed by atoms with Gasteiger partial charge in [0.2, 0.25) is 0 Å². The summed E-state index contributed by atoms with van der Waals surface area (Å²) in [6.45, 7) is 6.10. The molecule has 0 bridgehead atoms. The second kappa shape index (κ2) is 12.9. The molecule has 0 atom stereocenters. The molecule has 3 aromatic rings. The number of hydrogen-bond acceptors (Lipinski definition) is 7. The molecule has 0 amide bonds. The fraction of sp³-hybridized carbons (Fsp3) is 0.250. The van der Waals surface area contributed by atoms with Crippen LogP contribution in [0, 0.1) is 12.3 Å². The number of fused-ring (bicyclic) bond motifs is 1. The van der Waals surface area contributed by atoms with Crippen molar-refractivity contribution < 1.29 is 19.3 Å². The van der Waals surface area contributed by atoms with Crippen LogP contribution in [-0.2, 0) is 4.74 Å². The Kier molecular flexibility index (Phi) is 9.82. The maximum Gasteiger partial charge on any atom is 0.163 e. The van der Waals surface area contributed by atoms with Crippen LogP contribution >= 0.6 is 0 Å². The average molecular weight is 421 g/mol. The number of hydrogen-bond donors (Lipinski definition) is 2. The van der Waals surface area contributed by atoms with Crippen LogP contribution < -0.4 is 14.8 Å². The van der Waals surface area contributed by atoms with Crippen molar-refractivity contribution >= 4 is 22.4 Å². The minimum atomic E-state index is -0.106. The van der Waals surface area contributed by atoms with Crippen molar-refractivity contribution in [2.24, 2.45) is 0 Å². The lowest BCUT2D eigenvalue weighted by molar-refractivity contribution is 0.141. The molecule has 0 aliphatic rings. The molecule has 0 unspecified atom stereocenters. The molecule has 1 aromatic heterocycles. The quantitative estimate of drug-likeness (QED) is 0.307. The molecule has 2 aromatic carbocycles. The molecule has 0 saturated carbocycles. The van der Waals surface area contributed by atoms with Gasteiger partial charge in [0, 0.05) is 29.8 Å². The van der Waals surface area contributed by atoms with Gasteiger partial charge in [-0.1, -0.05) is 18.1 Å². The summed E-state index contributed by atoms with van der Waals surface area (Å²) in [6.07, 6.45) is 8.70. The first-order valence-corrected chi connectivity index (χ1v) is 9.71. The lowest BCUT2D eigenvalue weighted by Gasteiger charge is -2.15. The molecule has 31 heavy (non-hydrogen) atoms. The molecule has 162 valence electrons. The third-order valence-electron chi connectivity index (χ3n) is 3.89. The van der Waals surface area contributed by atoms with Gasteiger partial charge in [0.15, 0.2) is 11.5 Å². The van der Waals surface area contributed by atoms with Crippen LogP contribution in [0.25, 0.3) is 10.9 Å². The fourth-order valence-corrected chi connectivity index (χ4v) is 2.60. The molecule has 1 heterocycles. The summed E-state index contributed by atoms with van der Waals surface area (Å²) < 4.78 is 16.4. The van der Waals surface area contributed by atoms with Crippen LogP contribution in [0.1, 0.15) is 12.5 Å². The number of benzene rings is 2. The predicted molar refractivity (Wildman–Crippen MR) is 123 cm³/mol. The first kappa shape index (κ1) is 23.7. The standard InChI is InChI=1S/C21H21N3O4.C3H6/c1-3-15-5-4-6-16(11-15)24-21-17-12-19(27-8-7-25)20(28-10-9-26-2)13-18(17)22-14-23-21;1-3-2/h1,4-6,11-14,25H,7-10H2,2H3,(H,22,23,24);3H,1H2,2H3. The number of methoxy groups -OCH3 is 1. The van der Waals surface area contributed by atoms with Crippen molar-refractivity contribution in [2.75, 3.05) is 38.9 Å². The van der Waals surface area contributed by atoms with E-state index in [-0.39, 0.29) is 13.2 Å². The second-order valence-electron chi connectivity index (χ2n) is 6.21. The summed E-state index contributed by atoms with van der Waals surface area (Å²) >= 11 is 0. The van der Waals surface area contributed by atoms with E-state index < -0.39 is 0 Å². The van der Waals surface area contributed by atoms with Crippen molar-refractivity contribution in [1.82, 2.24) is 9.97 Å². The van der Waals surface area contributed by atoms with Crippen molar-refractivity contribution in [1.29, 1.82) is 0 Å². The zero-order valence-electron chi connectivity index (χ0n) is 17.8. The monoisotopic (exact) mass is 421 g/mol. The maximum absolute atomic E-state index is 9.11. The Morgan fingerprint density at radius 1 is 1.13 bits per heavy atom. The number of rotatable bonds is 9. The molecular formula is C24H27N3O4. The minimum absolute atomic E-state index is 0.106. The second-order valence-corrected chi connectivity index (χ2v) is 6.21. The van der Waals surface area contributed by atoms with Gasteiger partial charge in [0.25, 0.3) is 0 Å². The van der Waals surface area contributed by atoms with E-state index >= 15 is 0 Å². The van der Waals surface area contributed by atoms with E-state index in [1.54, 1.807) is 25.3 Å². The summed E-state index contributed by atoms with van der Waals surface area (Å²) in [7, 11) is 1.60. The Morgan fingerprint density at radius 2 is 1.87 bits per heavy atom. The molecule has 0 fully saturated rings. The molecule has 2 N–H and O–H groups in total. The summed E-state index contributed by atoms with van der Waals surface area (Å²) in [5, 5.41) is 13.1. The Balaban J connectivity index is 0.00000107. The number of terminal acetylenes is 1. The lowest BCUT2D eigenvalue weighted by Crippen LogP contribution is -2.08. The van der Waals surface area contributed by atoms with Crippen molar-refractivity contribution in [3.05, 3.63) is 60.9 Å². The van der Waals surface area contributed by atoms with Crippen LogP contribution in [-0.4, -0.2) is 48.6 Å². The number of aliphatic hydroxyl groups is 1. The van der Waals surface area contributed by atoms with E-state index in [0.717, 1.165) is 16.6 Å². The number of allylic oxidation sites excluding steroid dienone is 1. The van der Waals surface area contributed by atoms with Crippen molar-refractivity contribution in [3.8, 4) is 23.8 Å². The number of nitrogens with one attached hydrogen (secondary N) is 1. The highest BCUT2D eigenvalue weighted by Gasteiger charge is 2.13. The van der Waals surface area contributed by atoms with Crippen LogP contribution in [0.5, 0.6) is 11.5 Å². The largest absolute Gasteiger partial charge is 0.487 e. The van der Waals surface area contributed by atoms with Crippen LogP contribution in [0.2, 0.25) is 0 Å². The smallest absolute Gasteiger partial charge is 0.163 e. The third kappa shape index (κ3) is 7.00. The van der Waals surface area contributed by atoms with Crippen LogP contribution in [0.4, 0.5) is 11.5 Å². The van der Waals surface area contributed by atoms with Crippen molar-refractivity contribution in [3.63, 3.8) is 0 Å². The highest BCUT2D eigenvalue weighted by molar-refractivity contribution is 5.93. The fourth-order valence-electron chi connectivity index (χ4n) is 2.60. The molecule has 7 heteroatoms. The average Bonchev–Trinajstić information content (AvgIpc) is 2.79. The summed E-state index contributed by atoms with van der Waals surface area (Å²) in [5.41, 5.74) is 2.27. The van der Waals surface area contributed by atoms with Gasteiger partial charge in [-0.05, 0) is 31.2 Å². The minimum Gasteiger partial charge on any atom is -0.487 e. The number of aromatic nitrogens is 2. The van der Waals surface area contributed by atoms with Gasteiger partial charge in [0.05, 0.1) is 18.7 Å². The Morgan fingerprint density at radius 3 is 2.58 bits per heavy atom. The number of anilines is 2. The predicted octanol–water partition coefficient (Wildman–Crippen LogP) is 3.94. The van der Waals surface area contributed by atoms with Gasteiger partial charge < -0.3 is 24.6 Å².